The smallest absolute Gasteiger partial charge is 0.0794 e. The van der Waals surface area contributed by atoms with Crippen molar-refractivity contribution in [2.24, 2.45) is 11.3 Å². The lowest BCUT2D eigenvalue weighted by Crippen LogP contribution is -2.39. The molecule has 0 saturated heterocycles. The van der Waals surface area contributed by atoms with Gasteiger partial charge in [0.1, 0.15) is 0 Å². The van der Waals surface area contributed by atoms with Gasteiger partial charge in [-0.2, -0.15) is 0 Å². The molecule has 0 spiro atoms. The van der Waals surface area contributed by atoms with Crippen molar-refractivity contribution < 1.29 is 0 Å². The molecule has 1 aliphatic rings. The number of thiazole rings is 1. The summed E-state index contributed by atoms with van der Waals surface area (Å²) in [7, 11) is 0. The minimum absolute atomic E-state index is 0.490. The zero-order valence-electron chi connectivity index (χ0n) is 13.9. The van der Waals surface area contributed by atoms with E-state index in [-0.39, 0.29) is 0 Å². The van der Waals surface area contributed by atoms with Gasteiger partial charge in [-0.05, 0) is 56.4 Å². The van der Waals surface area contributed by atoms with Crippen molar-refractivity contribution in [2.45, 2.75) is 71.6 Å². The van der Waals surface area contributed by atoms with E-state index in [1.807, 2.05) is 16.8 Å². The van der Waals surface area contributed by atoms with E-state index in [2.05, 4.69) is 30.3 Å². The highest BCUT2D eigenvalue weighted by Crippen LogP contribution is 2.43. The lowest BCUT2D eigenvalue weighted by Gasteiger charge is -2.40. The predicted octanol–water partition coefficient (Wildman–Crippen LogP) is 5.05. The first kappa shape index (κ1) is 17.0. The van der Waals surface area contributed by atoms with Crippen molar-refractivity contribution >= 4 is 11.3 Å². The van der Waals surface area contributed by atoms with E-state index in [4.69, 9.17) is 0 Å². The maximum Gasteiger partial charge on any atom is 0.0794 e. The molecule has 21 heavy (non-hydrogen) atoms. The number of nitrogens with zero attached hydrogens (tertiary/aromatic N) is 1. The van der Waals surface area contributed by atoms with Gasteiger partial charge in [-0.25, -0.2) is 0 Å². The maximum absolute atomic E-state index is 4.27. The molecule has 1 fully saturated rings. The average molecular weight is 309 g/mol. The van der Waals surface area contributed by atoms with Crippen LogP contribution in [0.25, 0.3) is 0 Å². The van der Waals surface area contributed by atoms with Crippen LogP contribution in [0, 0.1) is 11.3 Å². The molecule has 3 heteroatoms. The van der Waals surface area contributed by atoms with E-state index in [9.17, 15) is 0 Å². The van der Waals surface area contributed by atoms with Crippen molar-refractivity contribution in [2.75, 3.05) is 13.1 Å². The summed E-state index contributed by atoms with van der Waals surface area (Å²) in [5, 5.41) is 3.70. The van der Waals surface area contributed by atoms with Crippen LogP contribution in [0.2, 0.25) is 0 Å². The summed E-state index contributed by atoms with van der Waals surface area (Å²) in [6, 6.07) is 0. The highest BCUT2D eigenvalue weighted by molar-refractivity contribution is 7.09. The Labute approximate surface area is 134 Å². The number of unbranched alkanes of at least 4 members (excludes halogenated alkanes) is 1. The Bertz CT molecular complexity index is 367. The molecule has 1 heterocycles. The number of nitrogens with one attached hydrogen (secondary N) is 1. The summed E-state index contributed by atoms with van der Waals surface area (Å²) in [6.45, 7) is 6.92. The van der Waals surface area contributed by atoms with Gasteiger partial charge in [-0.15, -0.1) is 11.3 Å². The molecule has 1 aromatic rings. The van der Waals surface area contributed by atoms with Crippen LogP contribution in [0.3, 0.4) is 0 Å². The van der Waals surface area contributed by atoms with Gasteiger partial charge in [0, 0.05) is 17.6 Å². The van der Waals surface area contributed by atoms with Crippen molar-refractivity contribution in [1.29, 1.82) is 0 Å². The van der Waals surface area contributed by atoms with E-state index < -0.39 is 0 Å². The van der Waals surface area contributed by atoms with Gasteiger partial charge >= 0.3 is 0 Å². The van der Waals surface area contributed by atoms with E-state index in [0.29, 0.717) is 5.41 Å². The molecule has 0 atom stereocenters. The summed E-state index contributed by atoms with van der Waals surface area (Å²) < 4.78 is 0. The third-order valence-corrected chi connectivity index (χ3v) is 5.87. The van der Waals surface area contributed by atoms with Crippen LogP contribution in [0.15, 0.2) is 11.7 Å². The fourth-order valence-electron chi connectivity index (χ4n) is 3.72. The Balaban J connectivity index is 1.90. The normalized spacial score (nSPS) is 26.1. The van der Waals surface area contributed by atoms with Gasteiger partial charge < -0.3 is 5.32 Å². The molecule has 1 N–H and O–H groups in total. The average Bonchev–Trinajstić information content (AvgIpc) is 3.00. The van der Waals surface area contributed by atoms with Crippen LogP contribution in [-0.4, -0.2) is 18.1 Å². The monoisotopic (exact) mass is 308 g/mol. The summed E-state index contributed by atoms with van der Waals surface area (Å²) in [5.74, 6) is 0.991. The van der Waals surface area contributed by atoms with Crippen LogP contribution in [0.1, 0.15) is 70.1 Å². The maximum atomic E-state index is 4.27. The van der Waals surface area contributed by atoms with Gasteiger partial charge in [0.25, 0.3) is 0 Å². The molecule has 0 radical (unpaired) electrons. The Hall–Kier alpha value is -0.410. The Morgan fingerprint density at radius 1 is 1.29 bits per heavy atom. The van der Waals surface area contributed by atoms with Gasteiger partial charge in [-0.1, -0.05) is 33.1 Å². The first-order valence-corrected chi connectivity index (χ1v) is 9.74. The van der Waals surface area contributed by atoms with Crippen molar-refractivity contribution in [3.8, 4) is 0 Å². The summed E-state index contributed by atoms with van der Waals surface area (Å²) in [5.41, 5.74) is 2.47. The van der Waals surface area contributed by atoms with Crippen LogP contribution in [-0.2, 0) is 6.42 Å². The van der Waals surface area contributed by atoms with Crippen molar-refractivity contribution in [3.05, 3.63) is 16.6 Å². The Kier molecular flexibility index (Phi) is 7.18. The molecule has 0 aliphatic heterocycles. The van der Waals surface area contributed by atoms with Crippen LogP contribution in [0.5, 0.6) is 0 Å². The Morgan fingerprint density at radius 2 is 2.10 bits per heavy atom. The molecule has 0 bridgehead atoms. The van der Waals surface area contributed by atoms with E-state index >= 15 is 0 Å². The SMILES string of the molecule is CCCCC1CCC(CNCCC)(Cc2cncs2)CC1. The first-order chi connectivity index (χ1) is 10.3. The van der Waals surface area contributed by atoms with Crippen molar-refractivity contribution in [3.63, 3.8) is 0 Å². The quantitative estimate of drug-likeness (QED) is 0.646. The lowest BCUT2D eigenvalue weighted by molar-refractivity contribution is 0.139. The fourth-order valence-corrected chi connectivity index (χ4v) is 4.49. The Morgan fingerprint density at radius 3 is 2.71 bits per heavy atom. The highest BCUT2D eigenvalue weighted by atomic mass is 32.1. The summed E-state index contributed by atoms with van der Waals surface area (Å²) in [4.78, 5) is 5.74. The van der Waals surface area contributed by atoms with Gasteiger partial charge in [0.15, 0.2) is 0 Å². The van der Waals surface area contributed by atoms with E-state index in [1.54, 1.807) is 0 Å². The fraction of sp³-hybridized carbons (Fsp3) is 0.833. The molecular formula is C18H32N2S. The molecule has 2 rings (SSSR count). The molecule has 1 aliphatic carbocycles. The minimum Gasteiger partial charge on any atom is -0.316 e. The third kappa shape index (κ3) is 5.37. The zero-order chi connectivity index (χ0) is 15.0. The molecule has 120 valence electrons. The molecule has 0 aromatic carbocycles. The molecule has 1 saturated carbocycles. The molecule has 0 amide bonds. The van der Waals surface area contributed by atoms with E-state index in [0.717, 1.165) is 12.5 Å². The first-order valence-electron chi connectivity index (χ1n) is 8.86. The second-order valence-corrected chi connectivity index (χ2v) is 7.88. The summed E-state index contributed by atoms with van der Waals surface area (Å²) >= 11 is 1.83. The number of aromatic nitrogens is 1. The number of hydrogen-bond acceptors (Lipinski definition) is 3. The highest BCUT2D eigenvalue weighted by Gasteiger charge is 2.35. The number of hydrogen-bond donors (Lipinski definition) is 1. The van der Waals surface area contributed by atoms with Crippen molar-refractivity contribution in [1.82, 2.24) is 10.3 Å². The zero-order valence-corrected chi connectivity index (χ0v) is 14.7. The van der Waals surface area contributed by atoms with Gasteiger partial charge in [0.2, 0.25) is 0 Å². The molecule has 0 unspecified atom stereocenters. The summed E-state index contributed by atoms with van der Waals surface area (Å²) in [6.07, 6.45) is 14.4. The van der Waals surface area contributed by atoms with Crippen LogP contribution >= 0.6 is 11.3 Å². The largest absolute Gasteiger partial charge is 0.316 e. The predicted molar refractivity (Wildman–Crippen MR) is 92.9 cm³/mol. The second-order valence-electron chi connectivity index (χ2n) is 6.91. The topological polar surface area (TPSA) is 24.9 Å². The second kappa shape index (κ2) is 8.89. The minimum atomic E-state index is 0.490. The van der Waals surface area contributed by atoms with E-state index in [1.165, 1.54) is 69.2 Å². The third-order valence-electron chi connectivity index (χ3n) is 5.09. The molecule has 2 nitrogen and oxygen atoms in total. The molecular weight excluding hydrogens is 276 g/mol. The molecule has 1 aromatic heterocycles. The van der Waals surface area contributed by atoms with Crippen LogP contribution < -0.4 is 5.32 Å². The number of rotatable bonds is 9. The standard InChI is InChI=1S/C18H32N2S/c1-3-5-6-16-7-9-18(10-8-16,14-19-11-4-2)12-17-13-20-15-21-17/h13,15-16,19H,3-12,14H2,1-2H3. The van der Waals surface area contributed by atoms with Gasteiger partial charge in [-0.3, -0.25) is 4.98 Å². The lowest BCUT2D eigenvalue weighted by atomic mass is 9.67. The van der Waals surface area contributed by atoms with Crippen LogP contribution in [0.4, 0.5) is 0 Å². The van der Waals surface area contributed by atoms with Gasteiger partial charge in [0.05, 0.1) is 5.51 Å².